The van der Waals surface area contributed by atoms with Gasteiger partial charge in [-0.05, 0) is 68.3 Å². The molecule has 0 unspecified atom stereocenters. The number of amides is 1. The number of carbonyl (C=O) groups excluding carboxylic acids is 1. The number of anilines is 2. The van der Waals surface area contributed by atoms with Crippen LogP contribution in [0.25, 0.3) is 0 Å². The summed E-state index contributed by atoms with van der Waals surface area (Å²) in [7, 11) is 0. The number of halogens is 3. The maximum absolute atomic E-state index is 13.3. The molecule has 0 aliphatic heterocycles. The van der Waals surface area contributed by atoms with E-state index in [0.717, 1.165) is 0 Å². The molecule has 0 saturated carbocycles. The Morgan fingerprint density at radius 3 is 2.47 bits per heavy atom. The minimum atomic E-state index is -0.440. The number of nitrogen functional groups attached to an aromatic ring is 1. The van der Waals surface area contributed by atoms with Gasteiger partial charge < -0.3 is 11.1 Å². The predicted octanol–water partition coefficient (Wildman–Crippen LogP) is 4.19. The van der Waals surface area contributed by atoms with Gasteiger partial charge in [0.25, 0.3) is 5.91 Å². The van der Waals surface area contributed by atoms with E-state index in [1.165, 1.54) is 12.1 Å². The number of nitrogens with two attached hydrogens (primary N) is 1. The lowest BCUT2D eigenvalue weighted by Crippen LogP contribution is -2.13. The molecule has 1 amide bonds. The molecular formula is C13H9Br2FN2O. The summed E-state index contributed by atoms with van der Waals surface area (Å²) < 4.78 is 14.3. The normalized spacial score (nSPS) is 10.3. The zero-order valence-electron chi connectivity index (χ0n) is 9.58. The summed E-state index contributed by atoms with van der Waals surface area (Å²) in [6, 6.07) is 9.29. The molecule has 2 aromatic carbocycles. The second kappa shape index (κ2) is 5.71. The van der Waals surface area contributed by atoms with Crippen LogP contribution in [-0.4, -0.2) is 5.91 Å². The van der Waals surface area contributed by atoms with E-state index in [1.54, 1.807) is 24.3 Å². The standard InChI is InChI=1S/C13H9Br2FN2O/c14-10-3-1-7(17)5-9(10)13(19)18-8-2-4-11(15)12(16)6-8/h1-6H,17H2,(H,18,19). The monoisotopic (exact) mass is 386 g/mol. The Kier molecular flexibility index (Phi) is 4.21. The average molecular weight is 388 g/mol. The molecule has 6 heteroatoms. The Morgan fingerprint density at radius 1 is 1.11 bits per heavy atom. The van der Waals surface area contributed by atoms with Gasteiger partial charge in [0.2, 0.25) is 0 Å². The van der Waals surface area contributed by atoms with Gasteiger partial charge in [-0.25, -0.2) is 4.39 Å². The lowest BCUT2D eigenvalue weighted by Gasteiger charge is -2.08. The van der Waals surface area contributed by atoms with Crippen LogP contribution >= 0.6 is 31.9 Å². The van der Waals surface area contributed by atoms with Crippen molar-refractivity contribution >= 4 is 49.1 Å². The second-order valence-electron chi connectivity index (χ2n) is 3.82. The Bertz CT molecular complexity index is 647. The van der Waals surface area contributed by atoms with Gasteiger partial charge in [0.05, 0.1) is 10.0 Å². The van der Waals surface area contributed by atoms with E-state index < -0.39 is 5.82 Å². The van der Waals surface area contributed by atoms with Crippen LogP contribution in [0, 0.1) is 5.82 Å². The van der Waals surface area contributed by atoms with E-state index in [4.69, 9.17) is 5.73 Å². The Morgan fingerprint density at radius 2 is 1.79 bits per heavy atom. The van der Waals surface area contributed by atoms with Gasteiger partial charge in [-0.15, -0.1) is 0 Å². The molecule has 2 aromatic rings. The highest BCUT2D eigenvalue weighted by atomic mass is 79.9. The third kappa shape index (κ3) is 3.33. The highest BCUT2D eigenvalue weighted by Gasteiger charge is 2.11. The van der Waals surface area contributed by atoms with E-state index in [2.05, 4.69) is 37.2 Å². The molecule has 3 N–H and O–H groups in total. The lowest BCUT2D eigenvalue weighted by atomic mass is 10.2. The summed E-state index contributed by atoms with van der Waals surface area (Å²) in [5.74, 6) is -0.801. The molecule has 98 valence electrons. The van der Waals surface area contributed by atoms with Crippen molar-refractivity contribution in [3.05, 3.63) is 56.7 Å². The van der Waals surface area contributed by atoms with Crippen LogP contribution < -0.4 is 11.1 Å². The predicted molar refractivity (Wildman–Crippen MR) is 80.6 cm³/mol. The number of hydrogen-bond donors (Lipinski definition) is 2. The molecule has 0 fully saturated rings. The van der Waals surface area contributed by atoms with E-state index in [0.29, 0.717) is 25.9 Å². The topological polar surface area (TPSA) is 55.1 Å². The maximum Gasteiger partial charge on any atom is 0.256 e. The fraction of sp³-hybridized carbons (Fsp3) is 0. The number of rotatable bonds is 2. The molecule has 0 heterocycles. The molecule has 0 bridgehead atoms. The van der Waals surface area contributed by atoms with Crippen molar-refractivity contribution in [1.29, 1.82) is 0 Å². The average Bonchev–Trinajstić information content (AvgIpc) is 2.36. The first-order valence-corrected chi connectivity index (χ1v) is 6.87. The first-order valence-electron chi connectivity index (χ1n) is 5.29. The summed E-state index contributed by atoms with van der Waals surface area (Å²) in [6.07, 6.45) is 0. The second-order valence-corrected chi connectivity index (χ2v) is 5.53. The van der Waals surface area contributed by atoms with Crippen LogP contribution in [0.4, 0.5) is 15.8 Å². The largest absolute Gasteiger partial charge is 0.399 e. The first kappa shape index (κ1) is 14.0. The van der Waals surface area contributed by atoms with Crippen LogP contribution in [0.1, 0.15) is 10.4 Å². The zero-order chi connectivity index (χ0) is 14.0. The van der Waals surface area contributed by atoms with E-state index in [9.17, 15) is 9.18 Å². The number of benzene rings is 2. The quantitative estimate of drug-likeness (QED) is 0.759. The smallest absolute Gasteiger partial charge is 0.256 e. The van der Waals surface area contributed by atoms with Crippen molar-refractivity contribution in [2.24, 2.45) is 0 Å². The number of hydrogen-bond acceptors (Lipinski definition) is 2. The molecule has 0 atom stereocenters. The molecule has 2 rings (SSSR count). The summed E-state index contributed by atoms with van der Waals surface area (Å²) in [4.78, 5) is 12.1. The molecule has 0 radical (unpaired) electrons. The molecule has 19 heavy (non-hydrogen) atoms. The fourth-order valence-corrected chi connectivity index (χ4v) is 2.16. The van der Waals surface area contributed by atoms with Gasteiger partial charge in [-0.3, -0.25) is 4.79 Å². The zero-order valence-corrected chi connectivity index (χ0v) is 12.8. The van der Waals surface area contributed by atoms with Crippen LogP contribution in [0.3, 0.4) is 0 Å². The molecule has 0 saturated heterocycles. The maximum atomic E-state index is 13.3. The third-order valence-corrected chi connectivity index (χ3v) is 3.75. The van der Waals surface area contributed by atoms with Crippen LogP contribution in [0.15, 0.2) is 45.3 Å². The molecule has 0 aliphatic rings. The van der Waals surface area contributed by atoms with Crippen molar-refractivity contribution in [3.63, 3.8) is 0 Å². The summed E-state index contributed by atoms with van der Waals surface area (Å²) >= 11 is 6.32. The molecule has 3 nitrogen and oxygen atoms in total. The molecular weight excluding hydrogens is 379 g/mol. The Hall–Kier alpha value is -1.40. The van der Waals surface area contributed by atoms with Gasteiger partial charge in [0.1, 0.15) is 5.82 Å². The number of nitrogens with one attached hydrogen (secondary N) is 1. The lowest BCUT2D eigenvalue weighted by molar-refractivity contribution is 0.102. The third-order valence-electron chi connectivity index (χ3n) is 2.41. The SMILES string of the molecule is Nc1ccc(Br)c(C(=O)Nc2ccc(Br)c(F)c2)c1. The summed E-state index contributed by atoms with van der Waals surface area (Å²) in [6.45, 7) is 0. The molecule has 0 spiro atoms. The molecule has 0 aromatic heterocycles. The van der Waals surface area contributed by atoms with Crippen molar-refractivity contribution in [2.75, 3.05) is 11.1 Å². The van der Waals surface area contributed by atoms with Gasteiger partial charge >= 0.3 is 0 Å². The van der Waals surface area contributed by atoms with Gasteiger partial charge in [0.15, 0.2) is 0 Å². The van der Waals surface area contributed by atoms with Crippen LogP contribution in [0.5, 0.6) is 0 Å². The Balaban J connectivity index is 2.25. The highest BCUT2D eigenvalue weighted by Crippen LogP contribution is 2.23. The molecule has 0 aliphatic carbocycles. The van der Waals surface area contributed by atoms with Gasteiger partial charge in [-0.1, -0.05) is 0 Å². The van der Waals surface area contributed by atoms with Crippen LogP contribution in [0.2, 0.25) is 0 Å². The highest BCUT2D eigenvalue weighted by molar-refractivity contribution is 9.10. The van der Waals surface area contributed by atoms with Gasteiger partial charge in [0, 0.05) is 15.8 Å². The summed E-state index contributed by atoms with van der Waals surface area (Å²) in [5.41, 5.74) is 6.88. The minimum Gasteiger partial charge on any atom is -0.399 e. The van der Waals surface area contributed by atoms with E-state index in [1.807, 2.05) is 0 Å². The first-order chi connectivity index (χ1) is 8.97. The van der Waals surface area contributed by atoms with Gasteiger partial charge in [-0.2, -0.15) is 0 Å². The van der Waals surface area contributed by atoms with Crippen molar-refractivity contribution < 1.29 is 9.18 Å². The number of carbonyl (C=O) groups is 1. The fourth-order valence-electron chi connectivity index (χ4n) is 1.49. The van der Waals surface area contributed by atoms with Crippen molar-refractivity contribution in [1.82, 2.24) is 0 Å². The Labute approximate surface area is 126 Å². The van der Waals surface area contributed by atoms with E-state index >= 15 is 0 Å². The summed E-state index contributed by atoms with van der Waals surface area (Å²) in [5, 5.41) is 2.61. The van der Waals surface area contributed by atoms with Crippen molar-refractivity contribution in [2.45, 2.75) is 0 Å². The minimum absolute atomic E-state index is 0.343. The van der Waals surface area contributed by atoms with E-state index in [-0.39, 0.29) is 5.91 Å². The van der Waals surface area contributed by atoms with Crippen molar-refractivity contribution in [3.8, 4) is 0 Å². The van der Waals surface area contributed by atoms with Crippen LogP contribution in [-0.2, 0) is 0 Å².